The maximum absolute atomic E-state index is 12.4. The van der Waals surface area contributed by atoms with E-state index >= 15 is 0 Å². The van der Waals surface area contributed by atoms with Gasteiger partial charge in [-0.25, -0.2) is 14.8 Å². The molecular formula is C22H20N4O3. The van der Waals surface area contributed by atoms with Crippen molar-refractivity contribution in [3.8, 4) is 17.0 Å². The molecule has 1 atom stereocenters. The third kappa shape index (κ3) is 3.75. The number of nitrogens with one attached hydrogen (secondary N) is 2. The summed E-state index contributed by atoms with van der Waals surface area (Å²) < 4.78 is 10.2. The third-order valence-electron chi connectivity index (χ3n) is 4.68. The average Bonchev–Trinajstić information content (AvgIpc) is 3.23. The van der Waals surface area contributed by atoms with E-state index in [0.29, 0.717) is 11.5 Å². The summed E-state index contributed by atoms with van der Waals surface area (Å²) in [6.45, 7) is 0. The zero-order valence-electron chi connectivity index (χ0n) is 16.0. The van der Waals surface area contributed by atoms with Gasteiger partial charge in [-0.3, -0.25) is 0 Å². The van der Waals surface area contributed by atoms with Crippen LogP contribution in [0.5, 0.6) is 5.75 Å². The van der Waals surface area contributed by atoms with Gasteiger partial charge < -0.3 is 19.8 Å². The highest BCUT2D eigenvalue weighted by atomic mass is 16.5. The van der Waals surface area contributed by atoms with Crippen LogP contribution in [-0.4, -0.2) is 35.1 Å². The second kappa shape index (κ2) is 8.02. The molecule has 2 N–H and O–H groups in total. The van der Waals surface area contributed by atoms with Crippen LogP contribution >= 0.6 is 0 Å². The molecule has 0 aliphatic rings. The Balaban J connectivity index is 1.71. The molecule has 0 radical (unpaired) electrons. The van der Waals surface area contributed by atoms with E-state index < -0.39 is 12.0 Å². The van der Waals surface area contributed by atoms with Crippen LogP contribution in [-0.2, 0) is 9.53 Å². The summed E-state index contributed by atoms with van der Waals surface area (Å²) in [7, 11) is 3.00. The van der Waals surface area contributed by atoms with Crippen molar-refractivity contribution in [2.24, 2.45) is 0 Å². The molecule has 0 aliphatic carbocycles. The van der Waals surface area contributed by atoms with E-state index in [1.54, 1.807) is 7.11 Å². The number of nitrogens with zero attached hydrogens (tertiary/aromatic N) is 2. The van der Waals surface area contributed by atoms with Crippen molar-refractivity contribution in [1.29, 1.82) is 0 Å². The zero-order chi connectivity index (χ0) is 20.2. The van der Waals surface area contributed by atoms with Crippen LogP contribution in [0.25, 0.3) is 22.3 Å². The largest absolute Gasteiger partial charge is 0.497 e. The quantitative estimate of drug-likeness (QED) is 0.486. The second-order valence-corrected chi connectivity index (χ2v) is 6.41. The molecule has 0 bridgehead atoms. The number of esters is 1. The summed E-state index contributed by atoms with van der Waals surface area (Å²) in [6, 6.07) is 18.4. The number of methoxy groups -OCH3 is 2. The molecule has 1 unspecified atom stereocenters. The van der Waals surface area contributed by atoms with Gasteiger partial charge in [-0.1, -0.05) is 30.3 Å². The first kappa shape index (κ1) is 18.5. The number of carbonyl (C=O) groups excluding carboxylic acids is 1. The van der Waals surface area contributed by atoms with E-state index in [1.165, 1.54) is 13.4 Å². The number of fused-ring (bicyclic) bond motifs is 1. The number of aromatic nitrogens is 3. The van der Waals surface area contributed by atoms with Crippen LogP contribution in [0.2, 0.25) is 0 Å². The van der Waals surface area contributed by atoms with Crippen LogP contribution in [0.3, 0.4) is 0 Å². The van der Waals surface area contributed by atoms with Gasteiger partial charge >= 0.3 is 5.97 Å². The van der Waals surface area contributed by atoms with Gasteiger partial charge in [0.1, 0.15) is 23.5 Å². The zero-order valence-corrected chi connectivity index (χ0v) is 16.0. The van der Waals surface area contributed by atoms with Gasteiger partial charge in [-0.2, -0.15) is 0 Å². The Kier molecular flexibility index (Phi) is 5.11. The number of hydrogen-bond donors (Lipinski definition) is 2. The average molecular weight is 388 g/mol. The minimum Gasteiger partial charge on any atom is -0.497 e. The lowest BCUT2D eigenvalue weighted by Gasteiger charge is -2.17. The highest BCUT2D eigenvalue weighted by molar-refractivity contribution is 5.93. The van der Waals surface area contributed by atoms with E-state index in [-0.39, 0.29) is 0 Å². The molecule has 0 amide bonds. The van der Waals surface area contributed by atoms with Crippen molar-refractivity contribution in [2.75, 3.05) is 19.5 Å². The number of hydrogen-bond acceptors (Lipinski definition) is 6. The van der Waals surface area contributed by atoms with E-state index in [1.807, 2.05) is 60.7 Å². The first-order valence-corrected chi connectivity index (χ1v) is 9.07. The Labute approximate surface area is 167 Å². The standard InChI is InChI=1S/C22H20N4O3/c1-28-16-10-8-14(9-11-16)18-12-17-20(25-18)23-13-24-21(17)26-19(22(27)29-2)15-6-4-3-5-7-15/h3-13,19H,1-2H3,(H2,23,24,25,26). The highest BCUT2D eigenvalue weighted by Gasteiger charge is 2.23. The van der Waals surface area contributed by atoms with Crippen LogP contribution in [0.1, 0.15) is 11.6 Å². The van der Waals surface area contributed by atoms with Crippen molar-refractivity contribution in [1.82, 2.24) is 15.0 Å². The predicted molar refractivity (Wildman–Crippen MR) is 111 cm³/mol. The van der Waals surface area contributed by atoms with Crippen molar-refractivity contribution in [3.05, 3.63) is 72.6 Å². The minimum atomic E-state index is -0.682. The Bertz CT molecular complexity index is 1120. The van der Waals surface area contributed by atoms with Crippen LogP contribution in [0.4, 0.5) is 5.82 Å². The van der Waals surface area contributed by atoms with Gasteiger partial charge in [-0.15, -0.1) is 0 Å². The normalized spacial score (nSPS) is 11.8. The first-order valence-electron chi connectivity index (χ1n) is 9.07. The van der Waals surface area contributed by atoms with E-state index in [0.717, 1.165) is 28.0 Å². The van der Waals surface area contributed by atoms with Crippen molar-refractivity contribution in [3.63, 3.8) is 0 Å². The summed E-state index contributed by atoms with van der Waals surface area (Å²) in [5.74, 6) is 0.940. The Morgan fingerprint density at radius 1 is 1.03 bits per heavy atom. The molecule has 0 spiro atoms. The number of benzene rings is 2. The number of anilines is 1. The number of ether oxygens (including phenoxy) is 2. The molecule has 146 valence electrons. The lowest BCUT2D eigenvalue weighted by atomic mass is 10.1. The fraction of sp³-hybridized carbons (Fsp3) is 0.136. The van der Waals surface area contributed by atoms with Crippen molar-refractivity contribution >= 4 is 22.8 Å². The van der Waals surface area contributed by atoms with Crippen molar-refractivity contribution < 1.29 is 14.3 Å². The topological polar surface area (TPSA) is 89.1 Å². The molecule has 7 nitrogen and oxygen atoms in total. The van der Waals surface area contributed by atoms with E-state index in [9.17, 15) is 4.79 Å². The smallest absolute Gasteiger partial charge is 0.333 e. The van der Waals surface area contributed by atoms with Crippen LogP contribution < -0.4 is 10.1 Å². The molecule has 0 saturated carbocycles. The SMILES string of the molecule is COC(=O)C(Nc1ncnc2[nH]c(-c3ccc(OC)cc3)cc12)c1ccccc1. The summed E-state index contributed by atoms with van der Waals surface area (Å²) in [5.41, 5.74) is 3.34. The summed E-state index contributed by atoms with van der Waals surface area (Å²) in [4.78, 5) is 24.4. The summed E-state index contributed by atoms with van der Waals surface area (Å²) in [5, 5.41) is 3.99. The molecule has 4 aromatic rings. The highest BCUT2D eigenvalue weighted by Crippen LogP contribution is 2.30. The molecule has 0 aliphatic heterocycles. The lowest BCUT2D eigenvalue weighted by molar-refractivity contribution is -0.141. The molecular weight excluding hydrogens is 368 g/mol. The molecule has 2 aromatic carbocycles. The summed E-state index contributed by atoms with van der Waals surface area (Å²) >= 11 is 0. The van der Waals surface area contributed by atoms with Gasteiger partial charge in [0.05, 0.1) is 19.6 Å². The fourth-order valence-electron chi connectivity index (χ4n) is 3.16. The lowest BCUT2D eigenvalue weighted by Crippen LogP contribution is -2.22. The van der Waals surface area contributed by atoms with Crippen molar-refractivity contribution in [2.45, 2.75) is 6.04 Å². The second-order valence-electron chi connectivity index (χ2n) is 6.41. The molecule has 4 rings (SSSR count). The van der Waals surface area contributed by atoms with Crippen LogP contribution in [0.15, 0.2) is 67.0 Å². The maximum Gasteiger partial charge on any atom is 0.333 e. The van der Waals surface area contributed by atoms with Gasteiger partial charge in [0.25, 0.3) is 0 Å². The monoisotopic (exact) mass is 388 g/mol. The third-order valence-corrected chi connectivity index (χ3v) is 4.68. The van der Waals surface area contributed by atoms with Gasteiger partial charge in [0, 0.05) is 5.69 Å². The molecule has 29 heavy (non-hydrogen) atoms. The number of H-pyrrole nitrogens is 1. The number of aromatic amines is 1. The van der Waals surface area contributed by atoms with Gasteiger partial charge in [-0.05, 0) is 41.5 Å². The molecule has 0 fully saturated rings. The Hall–Kier alpha value is -3.87. The van der Waals surface area contributed by atoms with E-state index in [2.05, 4.69) is 20.3 Å². The molecule has 0 saturated heterocycles. The van der Waals surface area contributed by atoms with E-state index in [4.69, 9.17) is 9.47 Å². The maximum atomic E-state index is 12.4. The molecule has 2 aromatic heterocycles. The molecule has 7 heteroatoms. The predicted octanol–water partition coefficient (Wildman–Crippen LogP) is 3.96. The number of carbonyl (C=O) groups is 1. The Morgan fingerprint density at radius 2 is 1.79 bits per heavy atom. The molecule has 2 heterocycles. The number of rotatable bonds is 6. The van der Waals surface area contributed by atoms with Crippen LogP contribution in [0, 0.1) is 0 Å². The first-order chi connectivity index (χ1) is 14.2. The Morgan fingerprint density at radius 3 is 2.48 bits per heavy atom. The summed E-state index contributed by atoms with van der Waals surface area (Å²) in [6.07, 6.45) is 1.46. The van der Waals surface area contributed by atoms with Gasteiger partial charge in [0.2, 0.25) is 0 Å². The fourth-order valence-corrected chi connectivity index (χ4v) is 3.16. The minimum absolute atomic E-state index is 0.395. The van der Waals surface area contributed by atoms with Gasteiger partial charge in [0.15, 0.2) is 6.04 Å².